The Hall–Kier alpha value is -3.03. The normalized spacial score (nSPS) is 18.8. The fraction of sp³-hybridized carbons (Fsp3) is 0.312. The van der Waals surface area contributed by atoms with Crippen LogP contribution in [0, 0.1) is 26.1 Å². The number of nitro groups is 2. The highest BCUT2D eigenvalue weighted by molar-refractivity contribution is 6.01. The largest absolute Gasteiger partial charge is 0.301 e. The lowest BCUT2D eigenvalue weighted by atomic mass is 9.85. The molecule has 0 radical (unpaired) electrons. The molecule has 0 spiro atoms. The summed E-state index contributed by atoms with van der Waals surface area (Å²) in [6.07, 6.45) is 3.66. The van der Waals surface area contributed by atoms with Gasteiger partial charge in [0.05, 0.1) is 21.6 Å². The molecule has 126 valence electrons. The molecule has 0 saturated carbocycles. The van der Waals surface area contributed by atoms with Crippen LogP contribution >= 0.6 is 0 Å². The number of non-ortho nitro benzene ring substituents is 1. The second-order valence-corrected chi connectivity index (χ2v) is 5.76. The van der Waals surface area contributed by atoms with Crippen molar-refractivity contribution >= 4 is 22.8 Å². The van der Waals surface area contributed by atoms with Crippen LogP contribution in [0.4, 0.5) is 17.1 Å². The molecular weight excluding hydrogens is 312 g/mol. The summed E-state index contributed by atoms with van der Waals surface area (Å²) >= 11 is 0. The smallest absolute Gasteiger partial charge is 0.271 e. The number of nitro benzene ring substituents is 2. The molecule has 1 atom stereocenters. The van der Waals surface area contributed by atoms with E-state index in [9.17, 15) is 20.2 Å². The summed E-state index contributed by atoms with van der Waals surface area (Å²) in [5, 5.41) is 26.1. The summed E-state index contributed by atoms with van der Waals surface area (Å²) < 4.78 is 0. The van der Waals surface area contributed by atoms with Crippen LogP contribution in [0.2, 0.25) is 0 Å². The van der Waals surface area contributed by atoms with Crippen molar-refractivity contribution in [3.63, 3.8) is 0 Å². The molecule has 8 heteroatoms. The number of allylic oxidation sites excluding steroid dienone is 3. The van der Waals surface area contributed by atoms with Gasteiger partial charge in [-0.05, 0) is 44.2 Å². The molecule has 24 heavy (non-hydrogen) atoms. The second-order valence-electron chi connectivity index (χ2n) is 5.76. The number of hydrogen-bond acceptors (Lipinski definition) is 6. The van der Waals surface area contributed by atoms with Crippen LogP contribution in [0.5, 0.6) is 0 Å². The molecule has 0 aliphatic heterocycles. The predicted molar refractivity (Wildman–Crippen MR) is 92.1 cm³/mol. The summed E-state index contributed by atoms with van der Waals surface area (Å²) in [6.45, 7) is 7.86. The van der Waals surface area contributed by atoms with E-state index in [1.807, 2.05) is 13.8 Å². The molecule has 2 rings (SSSR count). The van der Waals surface area contributed by atoms with Gasteiger partial charge in [-0.15, -0.1) is 0 Å². The minimum absolute atomic E-state index is 0.114. The molecular formula is C16H18N4O4. The van der Waals surface area contributed by atoms with Crippen molar-refractivity contribution in [1.29, 1.82) is 0 Å². The monoisotopic (exact) mass is 330 g/mol. The summed E-state index contributed by atoms with van der Waals surface area (Å²) in [5.41, 5.74) is 4.92. The van der Waals surface area contributed by atoms with Crippen molar-refractivity contribution in [3.05, 3.63) is 62.2 Å². The number of nitrogens with one attached hydrogen (secondary N) is 1. The van der Waals surface area contributed by atoms with Crippen LogP contribution in [0.3, 0.4) is 0 Å². The third kappa shape index (κ3) is 3.83. The van der Waals surface area contributed by atoms with Gasteiger partial charge in [-0.2, -0.15) is 5.10 Å². The third-order valence-corrected chi connectivity index (χ3v) is 4.00. The second kappa shape index (κ2) is 7.03. The van der Waals surface area contributed by atoms with E-state index in [1.54, 1.807) is 0 Å². The fourth-order valence-corrected chi connectivity index (χ4v) is 2.43. The number of hydrazone groups is 1. The van der Waals surface area contributed by atoms with Gasteiger partial charge in [-0.3, -0.25) is 25.7 Å². The van der Waals surface area contributed by atoms with Gasteiger partial charge in [0, 0.05) is 6.07 Å². The lowest BCUT2D eigenvalue weighted by Crippen LogP contribution is -2.16. The van der Waals surface area contributed by atoms with Crippen LogP contribution in [0.15, 0.2) is 47.1 Å². The van der Waals surface area contributed by atoms with Gasteiger partial charge < -0.3 is 0 Å². The first kappa shape index (κ1) is 17.3. The Labute approximate surface area is 138 Å². The Morgan fingerprint density at radius 1 is 1.33 bits per heavy atom. The van der Waals surface area contributed by atoms with Crippen LogP contribution in [-0.2, 0) is 0 Å². The fourth-order valence-electron chi connectivity index (χ4n) is 2.43. The quantitative estimate of drug-likeness (QED) is 0.494. The van der Waals surface area contributed by atoms with Gasteiger partial charge >= 0.3 is 5.69 Å². The van der Waals surface area contributed by atoms with Crippen molar-refractivity contribution in [2.24, 2.45) is 11.0 Å². The van der Waals surface area contributed by atoms with E-state index >= 15 is 0 Å². The van der Waals surface area contributed by atoms with Gasteiger partial charge in [0.25, 0.3) is 5.69 Å². The highest BCUT2D eigenvalue weighted by Crippen LogP contribution is 2.30. The van der Waals surface area contributed by atoms with E-state index in [1.165, 1.54) is 12.1 Å². The SMILES string of the molecule is C=C(C)C1CC=C(C)/C(=N/Nc2ccc([N+](=O)[O-])cc2[N+](=O)[O-])C1. The molecule has 0 fully saturated rings. The first-order valence-electron chi connectivity index (χ1n) is 7.37. The summed E-state index contributed by atoms with van der Waals surface area (Å²) in [5.74, 6) is 0.293. The Morgan fingerprint density at radius 2 is 2.04 bits per heavy atom. The molecule has 1 unspecified atom stereocenters. The maximum absolute atomic E-state index is 11.1. The maximum Gasteiger partial charge on any atom is 0.301 e. The molecule has 1 N–H and O–H groups in total. The molecule has 0 saturated heterocycles. The van der Waals surface area contributed by atoms with E-state index < -0.39 is 9.85 Å². The van der Waals surface area contributed by atoms with E-state index in [2.05, 4.69) is 23.2 Å². The third-order valence-electron chi connectivity index (χ3n) is 4.00. The van der Waals surface area contributed by atoms with Crippen molar-refractivity contribution < 1.29 is 9.85 Å². The zero-order chi connectivity index (χ0) is 17.9. The minimum Gasteiger partial charge on any atom is -0.271 e. The minimum atomic E-state index is -0.672. The van der Waals surface area contributed by atoms with Crippen molar-refractivity contribution in [1.82, 2.24) is 0 Å². The van der Waals surface area contributed by atoms with Crippen molar-refractivity contribution in [2.75, 3.05) is 5.43 Å². The van der Waals surface area contributed by atoms with Crippen molar-refractivity contribution in [2.45, 2.75) is 26.7 Å². The van der Waals surface area contributed by atoms with E-state index in [4.69, 9.17) is 0 Å². The standard InChI is InChI=1S/C16H18N4O4/c1-10(2)12-5-4-11(3)15(8-12)18-17-14-7-6-13(19(21)22)9-16(14)20(23)24/h4,6-7,9,12,17H,1,5,8H2,2-3H3/b18-15+. The lowest BCUT2D eigenvalue weighted by Gasteiger charge is -2.22. The van der Waals surface area contributed by atoms with Crippen LogP contribution in [-0.4, -0.2) is 15.6 Å². The molecule has 0 bridgehead atoms. The van der Waals surface area contributed by atoms with Gasteiger partial charge in [-0.25, -0.2) is 0 Å². The Kier molecular flexibility index (Phi) is 5.08. The average Bonchev–Trinajstić information content (AvgIpc) is 2.53. The average molecular weight is 330 g/mol. The molecule has 8 nitrogen and oxygen atoms in total. The number of nitrogens with zero attached hydrogens (tertiary/aromatic N) is 3. The van der Waals surface area contributed by atoms with Gasteiger partial charge in [0.2, 0.25) is 0 Å². The van der Waals surface area contributed by atoms with Crippen LogP contribution < -0.4 is 5.43 Å². The molecule has 0 aromatic heterocycles. The Bertz CT molecular complexity index is 767. The van der Waals surface area contributed by atoms with Gasteiger partial charge in [0.15, 0.2) is 0 Å². The first-order chi connectivity index (χ1) is 11.3. The number of anilines is 1. The Balaban J connectivity index is 2.29. The highest BCUT2D eigenvalue weighted by atomic mass is 16.6. The maximum atomic E-state index is 11.1. The summed E-state index contributed by atoms with van der Waals surface area (Å²) in [6, 6.07) is 3.41. The molecule has 1 aliphatic carbocycles. The lowest BCUT2D eigenvalue weighted by molar-refractivity contribution is -0.393. The van der Waals surface area contributed by atoms with E-state index in [0.29, 0.717) is 12.3 Å². The molecule has 0 heterocycles. The summed E-state index contributed by atoms with van der Waals surface area (Å²) in [7, 11) is 0. The first-order valence-corrected chi connectivity index (χ1v) is 7.37. The topological polar surface area (TPSA) is 111 Å². The summed E-state index contributed by atoms with van der Waals surface area (Å²) in [4.78, 5) is 20.5. The Morgan fingerprint density at radius 3 is 2.62 bits per heavy atom. The van der Waals surface area contributed by atoms with E-state index in [0.717, 1.165) is 29.3 Å². The van der Waals surface area contributed by atoms with Crippen molar-refractivity contribution in [3.8, 4) is 0 Å². The number of benzene rings is 1. The number of rotatable bonds is 5. The molecule has 1 aliphatic rings. The van der Waals surface area contributed by atoms with E-state index in [-0.39, 0.29) is 17.1 Å². The molecule has 0 amide bonds. The zero-order valence-electron chi connectivity index (χ0n) is 13.5. The zero-order valence-corrected chi connectivity index (χ0v) is 13.5. The molecule has 1 aromatic carbocycles. The van der Waals surface area contributed by atoms with Crippen LogP contribution in [0.1, 0.15) is 26.7 Å². The number of hydrogen-bond donors (Lipinski definition) is 1. The molecule has 1 aromatic rings. The van der Waals surface area contributed by atoms with Gasteiger partial charge in [-0.1, -0.05) is 18.2 Å². The highest BCUT2D eigenvalue weighted by Gasteiger charge is 2.21. The predicted octanol–water partition coefficient (Wildman–Crippen LogP) is 4.20. The van der Waals surface area contributed by atoms with Crippen LogP contribution in [0.25, 0.3) is 0 Å². The van der Waals surface area contributed by atoms with Gasteiger partial charge in [0.1, 0.15) is 5.69 Å².